The Bertz CT molecular complexity index is 819. The number of furan rings is 1. The van der Waals surface area contributed by atoms with Crippen molar-refractivity contribution in [1.82, 2.24) is 0 Å². The Morgan fingerprint density at radius 2 is 1.25 bits per heavy atom. The molecule has 0 aliphatic heterocycles. The number of phenolic OH excluding ortho intramolecular Hbond substituents is 2. The lowest BCUT2D eigenvalue weighted by Gasteiger charge is -2.22. The zero-order valence-electron chi connectivity index (χ0n) is 14.4. The topological polar surface area (TPSA) is 53.6 Å². The van der Waals surface area contributed by atoms with Crippen LogP contribution in [0.25, 0.3) is 0 Å². The number of rotatable bonds is 3. The van der Waals surface area contributed by atoms with Gasteiger partial charge in [-0.05, 0) is 85.3 Å². The Morgan fingerprint density at radius 1 is 0.750 bits per heavy atom. The number of phenols is 2. The summed E-state index contributed by atoms with van der Waals surface area (Å²) in [6.07, 6.45) is 1.67. The molecule has 0 unspecified atom stereocenters. The van der Waals surface area contributed by atoms with E-state index in [-0.39, 0.29) is 5.92 Å². The molecule has 2 aromatic carbocycles. The van der Waals surface area contributed by atoms with Crippen molar-refractivity contribution >= 4 is 0 Å². The third-order valence-electron chi connectivity index (χ3n) is 4.62. The summed E-state index contributed by atoms with van der Waals surface area (Å²) in [5.41, 5.74) is 5.86. The van der Waals surface area contributed by atoms with E-state index in [0.29, 0.717) is 11.5 Å². The van der Waals surface area contributed by atoms with E-state index in [4.69, 9.17) is 4.42 Å². The first-order valence-electron chi connectivity index (χ1n) is 8.02. The maximum absolute atomic E-state index is 9.99. The SMILES string of the molecule is Cc1cc(C(c2ccco2)c2cc(C)c(O)cc2C)c(C)cc1O. The molecule has 0 saturated heterocycles. The van der Waals surface area contributed by atoms with Crippen LogP contribution in [0.1, 0.15) is 45.1 Å². The first kappa shape index (κ1) is 16.2. The van der Waals surface area contributed by atoms with Gasteiger partial charge in [-0.1, -0.05) is 12.1 Å². The lowest BCUT2D eigenvalue weighted by Crippen LogP contribution is -2.07. The molecule has 3 nitrogen and oxygen atoms in total. The molecule has 1 aromatic heterocycles. The van der Waals surface area contributed by atoms with Gasteiger partial charge in [-0.25, -0.2) is 0 Å². The van der Waals surface area contributed by atoms with Crippen molar-refractivity contribution in [3.05, 3.63) is 81.8 Å². The number of aromatic hydroxyl groups is 2. The molecule has 3 heteroatoms. The molecular weight excluding hydrogens is 300 g/mol. The van der Waals surface area contributed by atoms with E-state index >= 15 is 0 Å². The molecule has 0 aliphatic rings. The van der Waals surface area contributed by atoms with E-state index < -0.39 is 0 Å². The second-order valence-corrected chi connectivity index (χ2v) is 6.44. The molecule has 2 N–H and O–H groups in total. The molecule has 0 saturated carbocycles. The smallest absolute Gasteiger partial charge is 0.118 e. The van der Waals surface area contributed by atoms with Crippen LogP contribution in [-0.4, -0.2) is 10.2 Å². The zero-order valence-corrected chi connectivity index (χ0v) is 14.4. The Kier molecular flexibility index (Phi) is 4.10. The van der Waals surface area contributed by atoms with Gasteiger partial charge in [0.2, 0.25) is 0 Å². The molecular formula is C21H22O3. The summed E-state index contributed by atoms with van der Waals surface area (Å²) in [5, 5.41) is 20.0. The Labute approximate surface area is 142 Å². The molecule has 3 rings (SSSR count). The van der Waals surface area contributed by atoms with Crippen molar-refractivity contribution < 1.29 is 14.6 Å². The predicted octanol–water partition coefficient (Wildman–Crippen LogP) is 5.10. The number of hydrogen-bond acceptors (Lipinski definition) is 3. The summed E-state index contributed by atoms with van der Waals surface area (Å²) in [5.74, 6) is 1.36. The van der Waals surface area contributed by atoms with Gasteiger partial charge in [0.1, 0.15) is 17.3 Å². The first-order valence-corrected chi connectivity index (χ1v) is 8.02. The molecule has 0 radical (unpaired) electrons. The molecule has 0 spiro atoms. The van der Waals surface area contributed by atoms with Gasteiger partial charge >= 0.3 is 0 Å². The van der Waals surface area contributed by atoms with Gasteiger partial charge in [0.25, 0.3) is 0 Å². The van der Waals surface area contributed by atoms with Crippen LogP contribution in [0.4, 0.5) is 0 Å². The average molecular weight is 322 g/mol. The number of aryl methyl sites for hydroxylation is 4. The summed E-state index contributed by atoms with van der Waals surface area (Å²) >= 11 is 0. The van der Waals surface area contributed by atoms with Crippen molar-refractivity contribution in [1.29, 1.82) is 0 Å². The van der Waals surface area contributed by atoms with Crippen molar-refractivity contribution in [3.8, 4) is 11.5 Å². The average Bonchev–Trinajstić information content (AvgIpc) is 3.04. The third kappa shape index (κ3) is 2.78. The Balaban J connectivity index is 2.27. The fourth-order valence-electron chi connectivity index (χ4n) is 3.20. The van der Waals surface area contributed by atoms with Crippen LogP contribution < -0.4 is 0 Å². The summed E-state index contributed by atoms with van der Waals surface area (Å²) in [4.78, 5) is 0. The minimum Gasteiger partial charge on any atom is -0.508 e. The third-order valence-corrected chi connectivity index (χ3v) is 4.62. The van der Waals surface area contributed by atoms with Crippen LogP contribution in [0.3, 0.4) is 0 Å². The number of benzene rings is 2. The molecule has 0 bridgehead atoms. The van der Waals surface area contributed by atoms with Crippen LogP contribution in [0, 0.1) is 27.7 Å². The molecule has 0 aliphatic carbocycles. The van der Waals surface area contributed by atoms with Gasteiger partial charge in [0.05, 0.1) is 12.2 Å². The lowest BCUT2D eigenvalue weighted by atomic mass is 9.83. The van der Waals surface area contributed by atoms with Gasteiger partial charge in [0, 0.05) is 0 Å². The highest BCUT2D eigenvalue weighted by molar-refractivity contribution is 5.52. The monoisotopic (exact) mass is 322 g/mol. The van der Waals surface area contributed by atoms with Gasteiger partial charge < -0.3 is 14.6 Å². The van der Waals surface area contributed by atoms with E-state index in [9.17, 15) is 10.2 Å². The maximum atomic E-state index is 9.99. The van der Waals surface area contributed by atoms with Gasteiger partial charge in [0.15, 0.2) is 0 Å². The Hall–Kier alpha value is -2.68. The van der Waals surface area contributed by atoms with E-state index in [1.54, 1.807) is 18.4 Å². The molecule has 24 heavy (non-hydrogen) atoms. The zero-order chi connectivity index (χ0) is 17.4. The van der Waals surface area contributed by atoms with Crippen LogP contribution in [-0.2, 0) is 0 Å². The lowest BCUT2D eigenvalue weighted by molar-refractivity contribution is 0.468. The van der Waals surface area contributed by atoms with Crippen molar-refractivity contribution in [2.24, 2.45) is 0 Å². The van der Waals surface area contributed by atoms with Gasteiger partial charge in [-0.3, -0.25) is 0 Å². The first-order chi connectivity index (χ1) is 11.4. The molecule has 0 amide bonds. The second kappa shape index (κ2) is 6.08. The van der Waals surface area contributed by atoms with Crippen LogP contribution in [0.5, 0.6) is 11.5 Å². The molecule has 0 atom stereocenters. The summed E-state index contributed by atoms with van der Waals surface area (Å²) in [6, 6.07) is 11.5. The van der Waals surface area contributed by atoms with Crippen LogP contribution in [0.15, 0.2) is 47.1 Å². The minimum absolute atomic E-state index is 0.0846. The van der Waals surface area contributed by atoms with E-state index in [0.717, 1.165) is 39.1 Å². The minimum atomic E-state index is -0.0846. The molecule has 0 fully saturated rings. The standard InChI is InChI=1S/C21H22O3/c1-12-10-18(22)14(3)8-16(12)21(20-6-5-7-24-20)17-9-15(4)19(23)11-13(17)2/h5-11,21-23H,1-4H3. The Morgan fingerprint density at radius 3 is 1.67 bits per heavy atom. The highest BCUT2D eigenvalue weighted by atomic mass is 16.3. The fourth-order valence-corrected chi connectivity index (χ4v) is 3.20. The van der Waals surface area contributed by atoms with Crippen molar-refractivity contribution in [2.45, 2.75) is 33.6 Å². The molecule has 3 aromatic rings. The highest BCUT2D eigenvalue weighted by Crippen LogP contribution is 2.39. The van der Waals surface area contributed by atoms with E-state index in [1.807, 2.05) is 52.0 Å². The summed E-state index contributed by atoms with van der Waals surface area (Å²) in [7, 11) is 0. The van der Waals surface area contributed by atoms with Gasteiger partial charge in [-0.2, -0.15) is 0 Å². The van der Waals surface area contributed by atoms with Crippen molar-refractivity contribution in [2.75, 3.05) is 0 Å². The summed E-state index contributed by atoms with van der Waals surface area (Å²) in [6.45, 7) is 7.78. The predicted molar refractivity (Wildman–Crippen MR) is 94.8 cm³/mol. The van der Waals surface area contributed by atoms with E-state index in [1.165, 1.54) is 0 Å². The largest absolute Gasteiger partial charge is 0.508 e. The normalized spacial score (nSPS) is 11.2. The van der Waals surface area contributed by atoms with Crippen LogP contribution >= 0.6 is 0 Å². The molecule has 124 valence electrons. The van der Waals surface area contributed by atoms with Gasteiger partial charge in [-0.15, -0.1) is 0 Å². The fraction of sp³-hybridized carbons (Fsp3) is 0.238. The maximum Gasteiger partial charge on any atom is 0.118 e. The van der Waals surface area contributed by atoms with Crippen LogP contribution in [0.2, 0.25) is 0 Å². The quantitative estimate of drug-likeness (QED) is 0.705. The highest BCUT2D eigenvalue weighted by Gasteiger charge is 2.24. The van der Waals surface area contributed by atoms with E-state index in [2.05, 4.69) is 0 Å². The number of hydrogen-bond donors (Lipinski definition) is 2. The molecule has 1 heterocycles. The van der Waals surface area contributed by atoms with Crippen molar-refractivity contribution in [3.63, 3.8) is 0 Å². The second-order valence-electron chi connectivity index (χ2n) is 6.44. The summed E-state index contributed by atoms with van der Waals surface area (Å²) < 4.78 is 5.73.